The number of allylic oxidation sites excluding steroid dienone is 2. The summed E-state index contributed by atoms with van der Waals surface area (Å²) in [5.74, 6) is 1.83. The minimum atomic E-state index is -0.647. The predicted octanol–water partition coefficient (Wildman–Crippen LogP) is 6.42. The number of phenolic OH excluding ortho intramolecular Hbond substituents is 1. The summed E-state index contributed by atoms with van der Waals surface area (Å²) in [6, 6.07) is 3.80. The molecular formula is C24H33BrO3. The topological polar surface area (TPSA) is 46.5 Å². The van der Waals surface area contributed by atoms with E-state index in [1.807, 2.05) is 19.9 Å². The van der Waals surface area contributed by atoms with E-state index in [-0.39, 0.29) is 23.1 Å². The minimum Gasteiger partial charge on any atom is -0.508 e. The van der Waals surface area contributed by atoms with Crippen LogP contribution in [-0.4, -0.2) is 21.8 Å². The van der Waals surface area contributed by atoms with Crippen LogP contribution < -0.4 is 4.74 Å². The van der Waals surface area contributed by atoms with Gasteiger partial charge in [-0.25, -0.2) is 0 Å². The molecule has 0 unspecified atom stereocenters. The second-order valence-corrected chi connectivity index (χ2v) is 10.3. The number of aromatic hydroxyl groups is 1. The van der Waals surface area contributed by atoms with E-state index in [4.69, 9.17) is 4.74 Å². The fourth-order valence-electron chi connectivity index (χ4n) is 4.78. The summed E-state index contributed by atoms with van der Waals surface area (Å²) in [7, 11) is 0. The number of fused-ring (bicyclic) bond motifs is 3. The lowest BCUT2D eigenvalue weighted by Gasteiger charge is -2.47. The molecule has 0 saturated heterocycles. The molecule has 1 aromatic rings. The van der Waals surface area contributed by atoms with Crippen molar-refractivity contribution in [2.45, 2.75) is 83.7 Å². The molecule has 0 amide bonds. The highest BCUT2D eigenvalue weighted by atomic mass is 79.9. The SMILES string of the molecule is CC1=CC[C@@H]2[C@@H](C1)c1c(O)cc(C(C)(C)C(=O)CCCCBr)cc1OC2(C)C. The van der Waals surface area contributed by atoms with Crippen LogP contribution in [0.5, 0.6) is 11.5 Å². The Labute approximate surface area is 177 Å². The Bertz CT molecular complexity index is 791. The highest BCUT2D eigenvalue weighted by Crippen LogP contribution is 2.54. The second kappa shape index (κ2) is 7.85. The number of halogens is 1. The van der Waals surface area contributed by atoms with Gasteiger partial charge in [0.05, 0.1) is 0 Å². The Kier molecular flexibility index (Phi) is 6.01. The normalized spacial score (nSPS) is 23.3. The van der Waals surface area contributed by atoms with Crippen molar-refractivity contribution in [1.29, 1.82) is 0 Å². The van der Waals surface area contributed by atoms with E-state index in [1.165, 1.54) is 5.57 Å². The van der Waals surface area contributed by atoms with Crippen LogP contribution in [0.3, 0.4) is 0 Å². The monoisotopic (exact) mass is 448 g/mol. The van der Waals surface area contributed by atoms with Gasteiger partial charge in [-0.1, -0.05) is 27.6 Å². The lowest BCUT2D eigenvalue weighted by molar-refractivity contribution is -0.123. The lowest BCUT2D eigenvalue weighted by Crippen LogP contribution is -2.45. The van der Waals surface area contributed by atoms with Crippen LogP contribution in [0.4, 0.5) is 0 Å². The molecule has 154 valence electrons. The molecule has 1 aliphatic carbocycles. The fraction of sp³-hybridized carbons (Fsp3) is 0.625. The third-order valence-electron chi connectivity index (χ3n) is 6.71. The van der Waals surface area contributed by atoms with Crippen molar-refractivity contribution >= 4 is 21.7 Å². The largest absolute Gasteiger partial charge is 0.508 e. The molecule has 4 heteroatoms. The third-order valence-corrected chi connectivity index (χ3v) is 7.27. The molecule has 0 bridgehead atoms. The number of alkyl halides is 1. The maximum absolute atomic E-state index is 12.9. The molecule has 1 aromatic carbocycles. The van der Waals surface area contributed by atoms with E-state index >= 15 is 0 Å². The van der Waals surface area contributed by atoms with Gasteiger partial charge < -0.3 is 9.84 Å². The van der Waals surface area contributed by atoms with E-state index in [0.29, 0.717) is 12.3 Å². The Morgan fingerprint density at radius 2 is 2.04 bits per heavy atom. The first-order valence-corrected chi connectivity index (χ1v) is 11.5. The average Bonchev–Trinajstić information content (AvgIpc) is 2.60. The summed E-state index contributed by atoms with van der Waals surface area (Å²) in [6.45, 7) is 10.4. The molecule has 2 atom stereocenters. The van der Waals surface area contributed by atoms with Gasteiger partial charge in [0.25, 0.3) is 0 Å². The van der Waals surface area contributed by atoms with Gasteiger partial charge in [-0.2, -0.15) is 0 Å². The first-order chi connectivity index (χ1) is 13.1. The van der Waals surface area contributed by atoms with Gasteiger partial charge in [-0.05, 0) is 78.0 Å². The number of hydrogen-bond donors (Lipinski definition) is 1. The molecule has 0 fully saturated rings. The second-order valence-electron chi connectivity index (χ2n) is 9.51. The zero-order valence-corrected chi connectivity index (χ0v) is 19.4. The molecular weight excluding hydrogens is 416 g/mol. The van der Waals surface area contributed by atoms with Gasteiger partial charge in [-0.3, -0.25) is 4.79 Å². The zero-order chi connectivity index (χ0) is 20.7. The van der Waals surface area contributed by atoms with Crippen LogP contribution in [0.1, 0.15) is 83.8 Å². The van der Waals surface area contributed by atoms with E-state index in [9.17, 15) is 9.90 Å². The number of ether oxygens (including phenoxy) is 1. The molecule has 0 spiro atoms. The van der Waals surface area contributed by atoms with Gasteiger partial charge in [-0.15, -0.1) is 0 Å². The molecule has 1 aliphatic heterocycles. The van der Waals surface area contributed by atoms with Crippen LogP contribution in [0.2, 0.25) is 0 Å². The van der Waals surface area contributed by atoms with Crippen molar-refractivity contribution in [3.05, 3.63) is 34.9 Å². The summed E-state index contributed by atoms with van der Waals surface area (Å²) in [6.07, 6.45) is 6.65. The number of hydrogen-bond acceptors (Lipinski definition) is 3. The van der Waals surface area contributed by atoms with Gasteiger partial charge in [0.2, 0.25) is 0 Å². The Morgan fingerprint density at radius 3 is 2.71 bits per heavy atom. The number of carbonyl (C=O) groups is 1. The highest BCUT2D eigenvalue weighted by molar-refractivity contribution is 9.09. The van der Waals surface area contributed by atoms with Gasteiger partial charge in [0.15, 0.2) is 0 Å². The summed E-state index contributed by atoms with van der Waals surface area (Å²) in [5, 5.41) is 11.9. The van der Waals surface area contributed by atoms with Crippen LogP contribution >= 0.6 is 15.9 Å². The minimum absolute atomic E-state index is 0.206. The van der Waals surface area contributed by atoms with Gasteiger partial charge in [0.1, 0.15) is 22.9 Å². The smallest absolute Gasteiger partial charge is 0.142 e. The van der Waals surface area contributed by atoms with Crippen LogP contribution in [0.15, 0.2) is 23.8 Å². The number of Topliss-reactive ketones (excluding diaryl/α,β-unsaturated/α-hetero) is 1. The maximum Gasteiger partial charge on any atom is 0.142 e. The fourth-order valence-corrected chi connectivity index (χ4v) is 5.18. The number of rotatable bonds is 6. The van der Waals surface area contributed by atoms with E-state index in [0.717, 1.165) is 47.9 Å². The number of ketones is 1. The standard InChI is InChI=1S/C24H33BrO3/c1-15-9-10-18-17(12-15)22-19(26)13-16(14-20(22)28-24(18,4)5)23(2,3)21(27)8-6-7-11-25/h9,13-14,17-18,26H,6-8,10-12H2,1-5H3/t17-,18-/m1/s1. The molecule has 0 saturated carbocycles. The summed E-state index contributed by atoms with van der Waals surface area (Å²) < 4.78 is 6.41. The summed E-state index contributed by atoms with van der Waals surface area (Å²) in [5.41, 5.74) is 2.18. The number of unbranched alkanes of at least 4 members (excludes halogenated alkanes) is 1. The lowest BCUT2D eigenvalue weighted by atomic mass is 9.66. The maximum atomic E-state index is 12.9. The van der Waals surface area contributed by atoms with Crippen molar-refractivity contribution in [3.8, 4) is 11.5 Å². The van der Waals surface area contributed by atoms with Crippen molar-refractivity contribution in [1.82, 2.24) is 0 Å². The van der Waals surface area contributed by atoms with Crippen molar-refractivity contribution in [2.24, 2.45) is 5.92 Å². The molecule has 0 radical (unpaired) electrons. The van der Waals surface area contributed by atoms with Crippen LogP contribution in [0, 0.1) is 5.92 Å². The quantitative estimate of drug-likeness (QED) is 0.310. The van der Waals surface area contributed by atoms with Gasteiger partial charge >= 0.3 is 0 Å². The third kappa shape index (κ3) is 3.90. The summed E-state index contributed by atoms with van der Waals surface area (Å²) >= 11 is 3.42. The molecule has 3 rings (SSSR count). The van der Waals surface area contributed by atoms with Crippen LogP contribution in [-0.2, 0) is 10.2 Å². The van der Waals surface area contributed by atoms with Gasteiger partial charge in [0, 0.05) is 34.6 Å². The number of benzene rings is 1. The van der Waals surface area contributed by atoms with Crippen molar-refractivity contribution in [2.75, 3.05) is 5.33 Å². The highest BCUT2D eigenvalue weighted by Gasteiger charge is 2.46. The average molecular weight is 449 g/mol. The van der Waals surface area contributed by atoms with Crippen molar-refractivity contribution < 1.29 is 14.6 Å². The van der Waals surface area contributed by atoms with E-state index in [2.05, 4.69) is 42.8 Å². The zero-order valence-electron chi connectivity index (χ0n) is 17.8. The molecule has 0 aromatic heterocycles. The van der Waals surface area contributed by atoms with Crippen molar-refractivity contribution in [3.63, 3.8) is 0 Å². The van der Waals surface area contributed by atoms with E-state index in [1.54, 1.807) is 6.07 Å². The first kappa shape index (κ1) is 21.4. The molecule has 28 heavy (non-hydrogen) atoms. The molecule has 3 nitrogen and oxygen atoms in total. The Balaban J connectivity index is 1.98. The van der Waals surface area contributed by atoms with E-state index < -0.39 is 5.41 Å². The first-order valence-electron chi connectivity index (χ1n) is 10.4. The molecule has 1 N–H and O–H groups in total. The molecule has 2 aliphatic rings. The predicted molar refractivity (Wildman–Crippen MR) is 118 cm³/mol. The Morgan fingerprint density at radius 1 is 1.32 bits per heavy atom. The number of carbonyl (C=O) groups excluding carboxylic acids is 1. The summed E-state index contributed by atoms with van der Waals surface area (Å²) in [4.78, 5) is 12.9. The molecule has 1 heterocycles. The number of phenols is 1. The van der Waals surface area contributed by atoms with Crippen LogP contribution in [0.25, 0.3) is 0 Å². The Hall–Kier alpha value is -1.29.